The highest BCUT2D eigenvalue weighted by Crippen LogP contribution is 2.32. The third-order valence-corrected chi connectivity index (χ3v) is 6.99. The molecular weight excluding hydrogens is 382 g/mol. The molecule has 10 heteroatoms. The molecule has 2 aromatic rings. The molecule has 0 unspecified atom stereocenters. The number of carbonyl (C=O) groups is 2. The molecule has 1 aliphatic carbocycles. The van der Waals surface area contributed by atoms with E-state index in [9.17, 15) is 18.0 Å². The van der Waals surface area contributed by atoms with Gasteiger partial charge in [-0.05, 0) is 25.0 Å². The molecule has 1 N–H and O–H groups in total. The average molecular weight is 403 g/mol. The Morgan fingerprint density at radius 1 is 1.29 bits per heavy atom. The van der Waals surface area contributed by atoms with Crippen molar-refractivity contribution in [1.29, 1.82) is 0 Å². The summed E-state index contributed by atoms with van der Waals surface area (Å²) in [6.07, 6.45) is 3.39. The van der Waals surface area contributed by atoms with Gasteiger partial charge in [0.25, 0.3) is 5.91 Å². The van der Waals surface area contributed by atoms with Gasteiger partial charge in [0.2, 0.25) is 15.9 Å². The third-order valence-electron chi connectivity index (χ3n) is 5.15. The number of rotatable bonds is 4. The lowest BCUT2D eigenvalue weighted by Gasteiger charge is -2.20. The Kier molecular flexibility index (Phi) is 4.47. The van der Waals surface area contributed by atoms with Crippen molar-refractivity contribution in [2.45, 2.75) is 30.3 Å². The van der Waals surface area contributed by atoms with E-state index >= 15 is 0 Å². The molecule has 4 rings (SSSR count). The lowest BCUT2D eigenvalue weighted by Crippen LogP contribution is -2.39. The van der Waals surface area contributed by atoms with Gasteiger partial charge in [-0.15, -0.1) is 0 Å². The van der Waals surface area contributed by atoms with E-state index in [1.807, 2.05) is 0 Å². The highest BCUT2D eigenvalue weighted by Gasteiger charge is 2.38. The first kappa shape index (κ1) is 18.6. The molecule has 9 nitrogen and oxygen atoms in total. The van der Waals surface area contributed by atoms with Crippen molar-refractivity contribution in [2.24, 2.45) is 0 Å². The Labute approximate surface area is 163 Å². The molecule has 1 saturated carbocycles. The smallest absolute Gasteiger partial charge is 0.274 e. The predicted molar refractivity (Wildman–Crippen MR) is 100 cm³/mol. The standard InChI is InChI=1S/C18H21N5O4S/c1-19-16(24)10-22-9-14-17(18(25)21(2)12-7-8-12)20-11-23(14)13-5-3-4-6-15(13)28(22,26)27/h3-6,11-12H,7-10H2,1-2H3,(H,19,24). The van der Waals surface area contributed by atoms with Crippen molar-refractivity contribution in [1.82, 2.24) is 24.1 Å². The molecule has 1 aromatic carbocycles. The SMILES string of the molecule is CNC(=O)CN1Cc2c(C(=O)N(C)C3CC3)ncn2-c2ccccc2S1(=O)=O. The van der Waals surface area contributed by atoms with E-state index in [1.54, 1.807) is 34.7 Å². The molecule has 0 atom stereocenters. The zero-order valence-electron chi connectivity index (χ0n) is 15.6. The number of para-hydroxylation sites is 1. The summed E-state index contributed by atoms with van der Waals surface area (Å²) in [6.45, 7) is -0.464. The van der Waals surface area contributed by atoms with Crippen molar-refractivity contribution in [3.05, 3.63) is 42.0 Å². The Bertz CT molecular complexity index is 1060. The van der Waals surface area contributed by atoms with Crippen LogP contribution in [-0.4, -0.2) is 65.7 Å². The van der Waals surface area contributed by atoms with Gasteiger partial charge in [-0.25, -0.2) is 13.4 Å². The Morgan fingerprint density at radius 3 is 2.68 bits per heavy atom. The number of amides is 2. The quantitative estimate of drug-likeness (QED) is 0.794. The van der Waals surface area contributed by atoms with Crippen LogP contribution in [0.3, 0.4) is 0 Å². The van der Waals surface area contributed by atoms with Crippen molar-refractivity contribution in [3.8, 4) is 5.69 Å². The number of nitrogens with one attached hydrogen (secondary N) is 1. The largest absolute Gasteiger partial charge is 0.358 e. The number of sulfonamides is 1. The van der Waals surface area contributed by atoms with Gasteiger partial charge in [-0.2, -0.15) is 4.31 Å². The summed E-state index contributed by atoms with van der Waals surface area (Å²) in [6, 6.07) is 6.72. The molecule has 0 saturated heterocycles. The molecule has 0 bridgehead atoms. The molecule has 28 heavy (non-hydrogen) atoms. The van der Waals surface area contributed by atoms with E-state index in [4.69, 9.17) is 0 Å². The number of aromatic nitrogens is 2. The summed E-state index contributed by atoms with van der Waals surface area (Å²) >= 11 is 0. The van der Waals surface area contributed by atoms with Crippen LogP contribution in [0, 0.1) is 0 Å². The molecule has 0 radical (unpaired) electrons. The molecule has 148 valence electrons. The number of carbonyl (C=O) groups excluding carboxylic acids is 2. The molecular formula is C18H21N5O4S. The molecule has 0 spiro atoms. The second-order valence-electron chi connectivity index (χ2n) is 6.97. The number of hydrogen-bond donors (Lipinski definition) is 1. The van der Waals surface area contributed by atoms with E-state index in [-0.39, 0.29) is 35.6 Å². The van der Waals surface area contributed by atoms with Crippen molar-refractivity contribution >= 4 is 21.8 Å². The zero-order valence-corrected chi connectivity index (χ0v) is 16.4. The topological polar surface area (TPSA) is 105 Å². The summed E-state index contributed by atoms with van der Waals surface area (Å²) in [5.74, 6) is -0.676. The third kappa shape index (κ3) is 2.98. The van der Waals surface area contributed by atoms with Gasteiger partial charge in [0, 0.05) is 20.1 Å². The highest BCUT2D eigenvalue weighted by atomic mass is 32.2. The van der Waals surface area contributed by atoms with Crippen molar-refractivity contribution in [2.75, 3.05) is 20.6 Å². The highest BCUT2D eigenvalue weighted by molar-refractivity contribution is 7.89. The van der Waals surface area contributed by atoms with Crippen molar-refractivity contribution in [3.63, 3.8) is 0 Å². The Balaban J connectivity index is 1.86. The molecule has 2 amide bonds. The Hall–Kier alpha value is -2.72. The molecule has 1 aliphatic heterocycles. The molecule has 2 heterocycles. The maximum absolute atomic E-state index is 13.2. The fourth-order valence-electron chi connectivity index (χ4n) is 3.35. The van der Waals surface area contributed by atoms with Crippen LogP contribution in [0.5, 0.6) is 0 Å². The number of likely N-dealkylation sites (N-methyl/N-ethyl adjacent to an activating group) is 1. The number of benzene rings is 1. The van der Waals surface area contributed by atoms with E-state index < -0.39 is 15.9 Å². The minimum Gasteiger partial charge on any atom is -0.358 e. The fraction of sp³-hybridized carbons (Fsp3) is 0.389. The van der Waals surface area contributed by atoms with E-state index in [0.29, 0.717) is 11.4 Å². The molecule has 1 aromatic heterocycles. The normalized spacial score (nSPS) is 17.9. The van der Waals surface area contributed by atoms with Crippen LogP contribution in [0.1, 0.15) is 29.0 Å². The number of fused-ring (bicyclic) bond motifs is 3. The summed E-state index contributed by atoms with van der Waals surface area (Å²) in [5.41, 5.74) is 1.08. The second-order valence-corrected chi connectivity index (χ2v) is 8.88. The zero-order chi connectivity index (χ0) is 20.1. The number of imidazole rings is 1. The first-order valence-corrected chi connectivity index (χ1v) is 10.4. The van der Waals surface area contributed by atoms with Gasteiger partial charge >= 0.3 is 0 Å². The van der Waals surface area contributed by atoms with E-state index in [0.717, 1.165) is 17.1 Å². The summed E-state index contributed by atoms with van der Waals surface area (Å²) in [5, 5.41) is 2.45. The van der Waals surface area contributed by atoms with Gasteiger partial charge in [0.15, 0.2) is 5.69 Å². The maximum atomic E-state index is 13.2. The lowest BCUT2D eigenvalue weighted by atomic mass is 10.2. The lowest BCUT2D eigenvalue weighted by molar-refractivity contribution is -0.120. The Morgan fingerprint density at radius 2 is 2.00 bits per heavy atom. The van der Waals surface area contributed by atoms with E-state index in [1.165, 1.54) is 19.4 Å². The summed E-state index contributed by atoms with van der Waals surface area (Å²) in [7, 11) is -0.749. The second kappa shape index (κ2) is 6.71. The van der Waals surface area contributed by atoms with Gasteiger partial charge in [0.1, 0.15) is 11.2 Å². The van der Waals surface area contributed by atoms with Crippen LogP contribution >= 0.6 is 0 Å². The van der Waals surface area contributed by atoms with Gasteiger partial charge < -0.3 is 10.2 Å². The summed E-state index contributed by atoms with van der Waals surface area (Å²) in [4.78, 5) is 30.9. The predicted octanol–water partition coefficient (Wildman–Crippen LogP) is 0.357. The van der Waals surface area contributed by atoms with Gasteiger partial charge in [0.05, 0.1) is 24.5 Å². The van der Waals surface area contributed by atoms with Crippen molar-refractivity contribution < 1.29 is 18.0 Å². The number of hydrogen-bond acceptors (Lipinski definition) is 5. The minimum atomic E-state index is -3.93. The van der Waals surface area contributed by atoms with Gasteiger partial charge in [-0.3, -0.25) is 14.2 Å². The van der Waals surface area contributed by atoms with Crippen LogP contribution in [0.4, 0.5) is 0 Å². The van der Waals surface area contributed by atoms with Crippen LogP contribution in [-0.2, 0) is 21.4 Å². The average Bonchev–Trinajstić information content (AvgIpc) is 3.47. The van der Waals surface area contributed by atoms with Crippen LogP contribution < -0.4 is 5.32 Å². The van der Waals surface area contributed by atoms with Crippen LogP contribution in [0.2, 0.25) is 0 Å². The first-order valence-electron chi connectivity index (χ1n) is 8.98. The first-order chi connectivity index (χ1) is 13.3. The van der Waals surface area contributed by atoms with E-state index in [2.05, 4.69) is 10.3 Å². The molecule has 1 fully saturated rings. The number of nitrogens with zero attached hydrogens (tertiary/aromatic N) is 4. The fourth-order valence-corrected chi connectivity index (χ4v) is 4.89. The van der Waals surface area contributed by atoms with Crippen LogP contribution in [0.25, 0.3) is 5.69 Å². The monoisotopic (exact) mass is 403 g/mol. The minimum absolute atomic E-state index is 0.0737. The maximum Gasteiger partial charge on any atom is 0.274 e. The molecule has 2 aliphatic rings. The van der Waals surface area contributed by atoms with Gasteiger partial charge in [-0.1, -0.05) is 12.1 Å². The summed E-state index contributed by atoms with van der Waals surface area (Å²) < 4.78 is 29.1. The van der Waals surface area contributed by atoms with Crippen LogP contribution in [0.15, 0.2) is 35.5 Å².